The van der Waals surface area contributed by atoms with Gasteiger partial charge in [0.15, 0.2) is 0 Å². The lowest BCUT2D eigenvalue weighted by Crippen LogP contribution is -2.10. The molecular weight excluding hydrogens is 709 g/mol. The second kappa shape index (κ2) is 12.9. The summed E-state index contributed by atoms with van der Waals surface area (Å²) < 4.78 is 15.2. The zero-order valence-corrected chi connectivity index (χ0v) is 31.3. The smallest absolute Gasteiger partial charge is 0.213 e. The highest BCUT2D eigenvalue weighted by Crippen LogP contribution is 2.45. The zero-order chi connectivity index (χ0) is 38.2. The molecule has 0 aliphatic carbocycles. The molecule has 4 nitrogen and oxygen atoms in total. The zero-order valence-electron chi connectivity index (χ0n) is 31.3. The number of rotatable bonds is 6. The standard InChI is InChI=1S/C54H34N2O2/c1-2-14-39(15-3-1)56-48-34-38(28-33-44(48)52-45-17-6-9-22-50(45)58-54(52)56)35-24-29-40(30-25-35)55(47-20-11-23-51-53(47)46-18-7-8-21-49(46)57-51)41-31-26-37(27-32-41)43-19-10-13-36-12-4-5-16-42(36)43/h1-34H. The molecule has 58 heavy (non-hydrogen) atoms. The van der Waals surface area contributed by atoms with E-state index in [1.54, 1.807) is 0 Å². The molecule has 0 atom stereocenters. The van der Waals surface area contributed by atoms with Gasteiger partial charge in [0.2, 0.25) is 5.71 Å². The van der Waals surface area contributed by atoms with Crippen molar-refractivity contribution in [1.82, 2.24) is 4.57 Å². The van der Waals surface area contributed by atoms with Crippen LogP contribution in [0.3, 0.4) is 0 Å². The molecule has 0 bridgehead atoms. The van der Waals surface area contributed by atoms with Crippen LogP contribution in [0.4, 0.5) is 17.1 Å². The molecule has 0 amide bonds. The molecule has 0 unspecified atom stereocenters. The quantitative estimate of drug-likeness (QED) is 0.170. The van der Waals surface area contributed by atoms with E-state index in [4.69, 9.17) is 8.83 Å². The Bertz CT molecular complexity index is 3490. The van der Waals surface area contributed by atoms with Crippen LogP contribution in [0.5, 0.6) is 0 Å². The number of fused-ring (bicyclic) bond motifs is 9. The van der Waals surface area contributed by atoms with Crippen molar-refractivity contribution in [2.75, 3.05) is 4.90 Å². The predicted octanol–water partition coefficient (Wildman–Crippen LogP) is 15.4. The molecule has 0 saturated carbocycles. The van der Waals surface area contributed by atoms with Crippen molar-refractivity contribution in [1.29, 1.82) is 0 Å². The molecule has 0 aliphatic heterocycles. The number of furan rings is 2. The fraction of sp³-hybridized carbons (Fsp3) is 0. The summed E-state index contributed by atoms with van der Waals surface area (Å²) in [6.45, 7) is 0. The van der Waals surface area contributed by atoms with E-state index in [0.717, 1.165) is 83.4 Å². The van der Waals surface area contributed by atoms with Crippen molar-refractivity contribution in [3.63, 3.8) is 0 Å². The Labute approximate surface area is 334 Å². The minimum absolute atomic E-state index is 0.859. The van der Waals surface area contributed by atoms with Crippen molar-refractivity contribution in [3.05, 3.63) is 206 Å². The molecule has 3 heterocycles. The van der Waals surface area contributed by atoms with E-state index in [1.165, 1.54) is 27.3 Å². The summed E-state index contributed by atoms with van der Waals surface area (Å²) in [5.41, 5.74) is 13.5. The summed E-state index contributed by atoms with van der Waals surface area (Å²) in [5, 5.41) is 8.09. The van der Waals surface area contributed by atoms with E-state index in [1.807, 2.05) is 24.3 Å². The van der Waals surface area contributed by atoms with Crippen molar-refractivity contribution in [2.24, 2.45) is 0 Å². The van der Waals surface area contributed by atoms with Crippen LogP contribution in [0.2, 0.25) is 0 Å². The third-order valence-electron chi connectivity index (χ3n) is 11.6. The van der Waals surface area contributed by atoms with Gasteiger partial charge < -0.3 is 13.7 Å². The first kappa shape index (κ1) is 32.4. The highest BCUT2D eigenvalue weighted by Gasteiger charge is 2.22. The second-order valence-electron chi connectivity index (χ2n) is 14.9. The van der Waals surface area contributed by atoms with Gasteiger partial charge in [0, 0.05) is 33.2 Å². The van der Waals surface area contributed by atoms with Gasteiger partial charge in [-0.1, -0.05) is 140 Å². The molecule has 0 radical (unpaired) electrons. The number of aromatic nitrogens is 1. The van der Waals surface area contributed by atoms with Gasteiger partial charge in [-0.05, 0) is 99.8 Å². The topological polar surface area (TPSA) is 34.5 Å². The average Bonchev–Trinajstić information content (AvgIpc) is 3.96. The second-order valence-corrected chi connectivity index (χ2v) is 14.9. The molecule has 0 saturated heterocycles. The van der Waals surface area contributed by atoms with E-state index < -0.39 is 0 Å². The number of para-hydroxylation sites is 3. The maximum atomic E-state index is 6.55. The minimum atomic E-state index is 0.859. The maximum absolute atomic E-state index is 6.55. The van der Waals surface area contributed by atoms with Crippen LogP contribution in [0.25, 0.3) is 93.6 Å². The lowest BCUT2D eigenvalue weighted by molar-refractivity contribution is 0.645. The Morgan fingerprint density at radius 2 is 0.966 bits per heavy atom. The Balaban J connectivity index is 1.00. The number of anilines is 3. The number of hydrogen-bond acceptors (Lipinski definition) is 3. The molecule has 12 rings (SSSR count). The largest absolute Gasteiger partial charge is 0.456 e. The first-order valence-corrected chi connectivity index (χ1v) is 19.7. The first-order chi connectivity index (χ1) is 28.8. The lowest BCUT2D eigenvalue weighted by atomic mass is 9.98. The summed E-state index contributed by atoms with van der Waals surface area (Å²) in [4.78, 5) is 2.35. The summed E-state index contributed by atoms with van der Waals surface area (Å²) >= 11 is 0. The normalized spacial score (nSPS) is 11.8. The summed E-state index contributed by atoms with van der Waals surface area (Å²) in [7, 11) is 0. The van der Waals surface area contributed by atoms with Crippen LogP contribution in [-0.2, 0) is 0 Å². The molecule has 272 valence electrons. The van der Waals surface area contributed by atoms with Crippen LogP contribution >= 0.6 is 0 Å². The molecule has 12 aromatic rings. The molecule has 4 heteroatoms. The van der Waals surface area contributed by atoms with Crippen LogP contribution in [0.1, 0.15) is 0 Å². The minimum Gasteiger partial charge on any atom is -0.456 e. The first-order valence-electron chi connectivity index (χ1n) is 19.7. The van der Waals surface area contributed by atoms with Crippen molar-refractivity contribution >= 4 is 82.7 Å². The van der Waals surface area contributed by atoms with Gasteiger partial charge in [-0.25, -0.2) is 0 Å². The molecule has 0 spiro atoms. The van der Waals surface area contributed by atoms with Gasteiger partial charge in [-0.3, -0.25) is 4.57 Å². The number of nitrogens with zero attached hydrogens (tertiary/aromatic N) is 2. The maximum Gasteiger partial charge on any atom is 0.213 e. The van der Waals surface area contributed by atoms with Gasteiger partial charge in [0.25, 0.3) is 0 Å². The highest BCUT2D eigenvalue weighted by molar-refractivity contribution is 6.20. The van der Waals surface area contributed by atoms with Crippen LogP contribution in [-0.4, -0.2) is 4.57 Å². The molecule has 0 N–H and O–H groups in total. The molecule has 0 aliphatic rings. The molecule has 9 aromatic carbocycles. The van der Waals surface area contributed by atoms with E-state index in [-0.39, 0.29) is 0 Å². The molecule has 3 aromatic heterocycles. The monoisotopic (exact) mass is 742 g/mol. The third-order valence-corrected chi connectivity index (χ3v) is 11.6. The Kier molecular flexibility index (Phi) is 7.20. The van der Waals surface area contributed by atoms with E-state index in [0.29, 0.717) is 0 Å². The molecular formula is C54H34N2O2. The average molecular weight is 743 g/mol. The molecule has 0 fully saturated rings. The van der Waals surface area contributed by atoms with Crippen molar-refractivity contribution in [2.45, 2.75) is 0 Å². The van der Waals surface area contributed by atoms with Crippen LogP contribution in [0.15, 0.2) is 215 Å². The Morgan fingerprint density at radius 1 is 0.379 bits per heavy atom. The van der Waals surface area contributed by atoms with Gasteiger partial charge in [-0.2, -0.15) is 0 Å². The van der Waals surface area contributed by atoms with E-state index in [9.17, 15) is 0 Å². The van der Waals surface area contributed by atoms with Crippen LogP contribution < -0.4 is 4.90 Å². The van der Waals surface area contributed by atoms with Gasteiger partial charge >= 0.3 is 0 Å². The van der Waals surface area contributed by atoms with E-state index >= 15 is 0 Å². The predicted molar refractivity (Wildman–Crippen MR) is 241 cm³/mol. The van der Waals surface area contributed by atoms with Crippen molar-refractivity contribution < 1.29 is 8.83 Å². The summed E-state index contributed by atoms with van der Waals surface area (Å²) in [6, 6.07) is 73.2. The summed E-state index contributed by atoms with van der Waals surface area (Å²) in [5.74, 6) is 0. The van der Waals surface area contributed by atoms with Gasteiger partial charge in [0.05, 0.1) is 22.0 Å². The lowest BCUT2D eigenvalue weighted by Gasteiger charge is -2.26. The Morgan fingerprint density at radius 3 is 1.74 bits per heavy atom. The number of benzene rings is 9. The van der Waals surface area contributed by atoms with Crippen LogP contribution in [0, 0.1) is 0 Å². The van der Waals surface area contributed by atoms with E-state index in [2.05, 4.69) is 191 Å². The SMILES string of the molecule is c1ccc(-n2c3cc(-c4ccc(N(c5ccc(-c6cccc7ccccc67)cc5)c5cccc6oc7ccccc7c56)cc4)ccc3c3c4ccccc4oc32)cc1. The fourth-order valence-corrected chi connectivity index (χ4v) is 8.94. The Hall–Kier alpha value is -7.82. The number of hydrogen-bond donors (Lipinski definition) is 0. The van der Waals surface area contributed by atoms with Crippen molar-refractivity contribution in [3.8, 4) is 27.9 Å². The third kappa shape index (κ3) is 5.02. The fourth-order valence-electron chi connectivity index (χ4n) is 8.94. The highest BCUT2D eigenvalue weighted by atomic mass is 16.3. The summed E-state index contributed by atoms with van der Waals surface area (Å²) in [6.07, 6.45) is 0. The van der Waals surface area contributed by atoms with Gasteiger partial charge in [0.1, 0.15) is 16.7 Å². The van der Waals surface area contributed by atoms with Gasteiger partial charge in [-0.15, -0.1) is 0 Å².